The summed E-state index contributed by atoms with van der Waals surface area (Å²) in [4.78, 5) is 14.6. The second-order valence-corrected chi connectivity index (χ2v) is 6.14. The Morgan fingerprint density at radius 3 is 2.45 bits per heavy atom. The number of hydrogen-bond donors (Lipinski definition) is 1. The van der Waals surface area contributed by atoms with E-state index in [1.54, 1.807) is 0 Å². The number of carbonyl (C=O) groups is 1. The van der Waals surface area contributed by atoms with E-state index in [1.807, 2.05) is 35.6 Å². The molecule has 5 heteroatoms. The van der Waals surface area contributed by atoms with Crippen LogP contribution in [0, 0.1) is 12.3 Å². The number of nitrogens with zero attached hydrogens (tertiary/aromatic N) is 2. The van der Waals surface area contributed by atoms with Gasteiger partial charge in [-0.15, -0.1) is 12.4 Å². The molecule has 0 saturated carbocycles. The lowest BCUT2D eigenvalue weighted by Gasteiger charge is -2.38. The predicted molar refractivity (Wildman–Crippen MR) is 82.5 cm³/mol. The molecule has 0 bridgehead atoms. The first kappa shape index (κ1) is 15.4. The fraction of sp³-hybridized carbons (Fsp3) is 0.667. The van der Waals surface area contributed by atoms with Crippen molar-refractivity contribution in [2.75, 3.05) is 26.2 Å². The second-order valence-electron chi connectivity index (χ2n) is 6.14. The standard InChI is InChI=1S/C15H23N3O.ClH/c1-12-3-4-13(17(12)2)14(19)18-9-6-15(7-10-18)5-8-16-11-15;/h3-4,16H,5-11H2,1-2H3;1H. The van der Waals surface area contributed by atoms with E-state index in [4.69, 9.17) is 0 Å². The van der Waals surface area contributed by atoms with Gasteiger partial charge in [-0.05, 0) is 50.3 Å². The van der Waals surface area contributed by atoms with Gasteiger partial charge < -0.3 is 14.8 Å². The van der Waals surface area contributed by atoms with Crippen LogP contribution < -0.4 is 5.32 Å². The first-order chi connectivity index (χ1) is 9.11. The van der Waals surface area contributed by atoms with Crippen molar-refractivity contribution in [3.05, 3.63) is 23.5 Å². The highest BCUT2D eigenvalue weighted by Gasteiger charge is 2.38. The van der Waals surface area contributed by atoms with E-state index >= 15 is 0 Å². The van der Waals surface area contributed by atoms with Gasteiger partial charge in [0, 0.05) is 32.4 Å². The molecule has 4 nitrogen and oxygen atoms in total. The highest BCUT2D eigenvalue weighted by molar-refractivity contribution is 5.93. The van der Waals surface area contributed by atoms with Crippen LogP contribution in [0.1, 0.15) is 35.4 Å². The fourth-order valence-corrected chi connectivity index (χ4v) is 3.40. The first-order valence-corrected chi connectivity index (χ1v) is 7.24. The molecule has 0 aromatic carbocycles. The van der Waals surface area contributed by atoms with Gasteiger partial charge in [-0.3, -0.25) is 4.79 Å². The number of halogens is 1. The normalized spacial score (nSPS) is 21.0. The minimum Gasteiger partial charge on any atom is -0.344 e. The molecule has 1 amide bonds. The van der Waals surface area contributed by atoms with Crippen LogP contribution in [0.5, 0.6) is 0 Å². The van der Waals surface area contributed by atoms with E-state index in [0.717, 1.165) is 50.4 Å². The molecular weight excluding hydrogens is 274 g/mol. The third-order valence-corrected chi connectivity index (χ3v) is 5.04. The summed E-state index contributed by atoms with van der Waals surface area (Å²) in [6.07, 6.45) is 3.57. The highest BCUT2D eigenvalue weighted by atomic mass is 35.5. The number of aromatic nitrogens is 1. The van der Waals surface area contributed by atoms with Crippen LogP contribution in [0.4, 0.5) is 0 Å². The number of rotatable bonds is 1. The van der Waals surface area contributed by atoms with Crippen LogP contribution in [0.25, 0.3) is 0 Å². The first-order valence-electron chi connectivity index (χ1n) is 7.24. The Balaban J connectivity index is 0.00000147. The van der Waals surface area contributed by atoms with E-state index in [9.17, 15) is 4.79 Å². The van der Waals surface area contributed by atoms with Gasteiger partial charge in [-0.25, -0.2) is 0 Å². The Bertz CT molecular complexity index is 481. The SMILES string of the molecule is Cc1ccc(C(=O)N2CCC3(CCNC3)CC2)n1C.Cl. The molecular formula is C15H24ClN3O. The zero-order valence-corrected chi connectivity index (χ0v) is 13.1. The van der Waals surface area contributed by atoms with Gasteiger partial charge >= 0.3 is 0 Å². The lowest BCUT2D eigenvalue weighted by Crippen LogP contribution is -2.44. The number of carbonyl (C=O) groups excluding carboxylic acids is 1. The van der Waals surface area contributed by atoms with Crippen molar-refractivity contribution in [3.63, 3.8) is 0 Å². The summed E-state index contributed by atoms with van der Waals surface area (Å²) in [5.74, 6) is 0.191. The van der Waals surface area contributed by atoms with Gasteiger partial charge in [0.2, 0.25) is 0 Å². The van der Waals surface area contributed by atoms with Gasteiger partial charge in [0.1, 0.15) is 5.69 Å². The van der Waals surface area contributed by atoms with Gasteiger partial charge in [-0.1, -0.05) is 0 Å². The molecule has 2 aliphatic rings. The van der Waals surface area contributed by atoms with Gasteiger partial charge in [0.05, 0.1) is 0 Å². The van der Waals surface area contributed by atoms with Crippen molar-refractivity contribution in [1.82, 2.24) is 14.8 Å². The zero-order chi connectivity index (χ0) is 13.5. The van der Waals surface area contributed by atoms with E-state index in [0.29, 0.717) is 5.41 Å². The van der Waals surface area contributed by atoms with Crippen molar-refractivity contribution in [3.8, 4) is 0 Å². The third-order valence-electron chi connectivity index (χ3n) is 5.04. The molecule has 1 N–H and O–H groups in total. The van der Waals surface area contributed by atoms with Crippen molar-refractivity contribution >= 4 is 18.3 Å². The quantitative estimate of drug-likeness (QED) is 0.860. The third kappa shape index (κ3) is 2.59. The Morgan fingerprint density at radius 1 is 1.25 bits per heavy atom. The molecule has 3 rings (SSSR count). The van der Waals surface area contributed by atoms with E-state index in [-0.39, 0.29) is 18.3 Å². The van der Waals surface area contributed by atoms with Crippen LogP contribution >= 0.6 is 12.4 Å². The minimum absolute atomic E-state index is 0. The highest BCUT2D eigenvalue weighted by Crippen LogP contribution is 2.37. The number of aryl methyl sites for hydroxylation is 1. The van der Waals surface area contributed by atoms with Crippen molar-refractivity contribution in [2.24, 2.45) is 12.5 Å². The van der Waals surface area contributed by atoms with Crippen molar-refractivity contribution in [2.45, 2.75) is 26.2 Å². The zero-order valence-electron chi connectivity index (χ0n) is 12.3. The summed E-state index contributed by atoms with van der Waals surface area (Å²) >= 11 is 0. The molecule has 2 aliphatic heterocycles. The van der Waals surface area contributed by atoms with E-state index in [2.05, 4.69) is 5.32 Å². The number of piperidine rings is 1. The monoisotopic (exact) mass is 297 g/mol. The van der Waals surface area contributed by atoms with Gasteiger partial charge in [0.15, 0.2) is 0 Å². The molecule has 2 saturated heterocycles. The van der Waals surface area contributed by atoms with Crippen molar-refractivity contribution < 1.29 is 4.79 Å². The Labute approximate surface area is 126 Å². The second kappa shape index (κ2) is 5.78. The Hall–Kier alpha value is -1.00. The molecule has 2 fully saturated rings. The van der Waals surface area contributed by atoms with Gasteiger partial charge in [0.25, 0.3) is 5.91 Å². The van der Waals surface area contributed by atoms with E-state index in [1.165, 1.54) is 6.42 Å². The van der Waals surface area contributed by atoms with Crippen LogP contribution in [-0.4, -0.2) is 41.6 Å². The maximum Gasteiger partial charge on any atom is 0.270 e. The summed E-state index contributed by atoms with van der Waals surface area (Å²) in [6.45, 7) is 6.13. The smallest absolute Gasteiger partial charge is 0.270 e. The van der Waals surface area contributed by atoms with Crippen LogP contribution in [0.15, 0.2) is 12.1 Å². The molecule has 1 spiro atoms. The summed E-state index contributed by atoms with van der Waals surface area (Å²) in [7, 11) is 1.97. The van der Waals surface area contributed by atoms with Crippen LogP contribution in [0.2, 0.25) is 0 Å². The lowest BCUT2D eigenvalue weighted by molar-refractivity contribution is 0.0598. The number of nitrogens with one attached hydrogen (secondary N) is 1. The molecule has 0 aliphatic carbocycles. The topological polar surface area (TPSA) is 37.3 Å². The Kier molecular flexibility index (Phi) is 4.45. The number of amides is 1. The lowest BCUT2D eigenvalue weighted by atomic mass is 9.78. The summed E-state index contributed by atoms with van der Waals surface area (Å²) in [5, 5.41) is 3.46. The summed E-state index contributed by atoms with van der Waals surface area (Å²) in [5.41, 5.74) is 2.43. The van der Waals surface area contributed by atoms with Crippen LogP contribution in [-0.2, 0) is 7.05 Å². The minimum atomic E-state index is 0. The average molecular weight is 298 g/mol. The molecule has 0 unspecified atom stereocenters. The largest absolute Gasteiger partial charge is 0.344 e. The van der Waals surface area contributed by atoms with Crippen LogP contribution in [0.3, 0.4) is 0 Å². The molecule has 20 heavy (non-hydrogen) atoms. The summed E-state index contributed by atoms with van der Waals surface area (Å²) < 4.78 is 1.99. The van der Waals surface area contributed by atoms with Crippen molar-refractivity contribution in [1.29, 1.82) is 0 Å². The number of hydrogen-bond acceptors (Lipinski definition) is 2. The summed E-state index contributed by atoms with van der Waals surface area (Å²) in [6, 6.07) is 3.96. The average Bonchev–Trinajstić information content (AvgIpc) is 2.99. The molecule has 0 atom stereocenters. The molecule has 1 aromatic rings. The maximum atomic E-state index is 12.5. The molecule has 112 valence electrons. The Morgan fingerprint density at radius 2 is 1.95 bits per heavy atom. The maximum absolute atomic E-state index is 12.5. The molecule has 0 radical (unpaired) electrons. The fourth-order valence-electron chi connectivity index (χ4n) is 3.40. The molecule has 1 aromatic heterocycles. The van der Waals surface area contributed by atoms with E-state index < -0.39 is 0 Å². The molecule has 3 heterocycles. The van der Waals surface area contributed by atoms with Gasteiger partial charge in [-0.2, -0.15) is 0 Å². The number of likely N-dealkylation sites (tertiary alicyclic amines) is 1. The predicted octanol–water partition coefficient (Wildman–Crippen LogP) is 1.97.